The van der Waals surface area contributed by atoms with Crippen molar-refractivity contribution in [2.24, 2.45) is 11.8 Å². The number of carboxylic acid groups (broad SMARTS) is 1. The summed E-state index contributed by atoms with van der Waals surface area (Å²) in [5, 5.41) is 9.13. The van der Waals surface area contributed by atoms with Gasteiger partial charge in [-0.05, 0) is 19.3 Å². The first kappa shape index (κ1) is 12.2. The van der Waals surface area contributed by atoms with Crippen molar-refractivity contribution in [3.63, 3.8) is 0 Å². The van der Waals surface area contributed by atoms with E-state index in [-0.39, 0.29) is 11.8 Å². The molecule has 86 valence electrons. The quantitative estimate of drug-likeness (QED) is 0.571. The topological polar surface area (TPSA) is 55.8 Å². The maximum Gasteiger partial charge on any atom is 0.306 e. The zero-order chi connectivity index (χ0) is 11.3. The molecular weight excluding hydrogens is 196 g/mol. The van der Waals surface area contributed by atoms with Crippen molar-refractivity contribution in [3.05, 3.63) is 12.2 Å². The fraction of sp³-hybridized carbons (Fsp3) is 0.727. The Kier molecular flexibility index (Phi) is 4.78. The first-order chi connectivity index (χ1) is 7.20. The van der Waals surface area contributed by atoms with Gasteiger partial charge in [0.1, 0.15) is 0 Å². The molecule has 0 aromatic carbocycles. The highest BCUT2D eigenvalue weighted by atomic mass is 16.7. The molecule has 0 fully saturated rings. The Labute approximate surface area is 89.9 Å². The number of hydrogen-bond donors (Lipinski definition) is 1. The molecular formula is C11H18O4. The van der Waals surface area contributed by atoms with Gasteiger partial charge in [-0.1, -0.05) is 12.2 Å². The summed E-state index contributed by atoms with van der Waals surface area (Å²) in [5.41, 5.74) is 0. The molecule has 1 aliphatic rings. The van der Waals surface area contributed by atoms with Gasteiger partial charge in [0.05, 0.1) is 5.92 Å². The average molecular weight is 214 g/mol. The van der Waals surface area contributed by atoms with Gasteiger partial charge in [-0.2, -0.15) is 0 Å². The van der Waals surface area contributed by atoms with Gasteiger partial charge in [-0.25, -0.2) is 0 Å². The second-order valence-electron chi connectivity index (χ2n) is 3.73. The van der Waals surface area contributed by atoms with Crippen LogP contribution in [-0.4, -0.2) is 31.6 Å². The molecule has 0 aliphatic heterocycles. The summed E-state index contributed by atoms with van der Waals surface area (Å²) in [6.45, 7) is 0. The average Bonchev–Trinajstić information content (AvgIpc) is 2.45. The van der Waals surface area contributed by atoms with E-state index in [1.807, 2.05) is 12.2 Å². The van der Waals surface area contributed by atoms with Crippen LogP contribution in [0.25, 0.3) is 0 Å². The van der Waals surface area contributed by atoms with Gasteiger partial charge in [-0.3, -0.25) is 4.79 Å². The third-order valence-electron chi connectivity index (χ3n) is 2.87. The molecule has 0 heterocycles. The number of methoxy groups -OCH3 is 2. The fourth-order valence-electron chi connectivity index (χ4n) is 2.08. The SMILES string of the molecule is COC(OC)[C@H]1CC=CCC[C@H]1C(=O)O. The summed E-state index contributed by atoms with van der Waals surface area (Å²) >= 11 is 0. The summed E-state index contributed by atoms with van der Waals surface area (Å²) < 4.78 is 10.3. The van der Waals surface area contributed by atoms with Crippen LogP contribution < -0.4 is 0 Å². The molecule has 0 aromatic rings. The van der Waals surface area contributed by atoms with Crippen LogP contribution >= 0.6 is 0 Å². The Balaban J connectivity index is 2.77. The summed E-state index contributed by atoms with van der Waals surface area (Å²) in [6.07, 6.45) is 5.77. The second kappa shape index (κ2) is 5.88. The van der Waals surface area contributed by atoms with Crippen LogP contribution in [0.5, 0.6) is 0 Å². The molecule has 0 radical (unpaired) electrons. The summed E-state index contributed by atoms with van der Waals surface area (Å²) in [6, 6.07) is 0. The van der Waals surface area contributed by atoms with Crippen molar-refractivity contribution in [2.45, 2.75) is 25.6 Å². The highest BCUT2D eigenvalue weighted by Gasteiger charge is 2.34. The number of hydrogen-bond acceptors (Lipinski definition) is 3. The van der Waals surface area contributed by atoms with Crippen molar-refractivity contribution in [3.8, 4) is 0 Å². The summed E-state index contributed by atoms with van der Waals surface area (Å²) in [4.78, 5) is 11.1. The number of allylic oxidation sites excluding steroid dienone is 2. The molecule has 0 amide bonds. The van der Waals surface area contributed by atoms with Gasteiger partial charge >= 0.3 is 5.97 Å². The molecule has 0 bridgehead atoms. The Bertz CT molecular complexity index is 233. The van der Waals surface area contributed by atoms with E-state index >= 15 is 0 Å². The molecule has 15 heavy (non-hydrogen) atoms. The molecule has 4 heteroatoms. The predicted octanol–water partition coefficient (Wildman–Crippen LogP) is 1.66. The van der Waals surface area contributed by atoms with E-state index in [2.05, 4.69) is 0 Å². The van der Waals surface area contributed by atoms with E-state index in [0.29, 0.717) is 12.8 Å². The van der Waals surface area contributed by atoms with Gasteiger partial charge in [0.15, 0.2) is 6.29 Å². The highest BCUT2D eigenvalue weighted by Crippen LogP contribution is 2.29. The van der Waals surface area contributed by atoms with Crippen molar-refractivity contribution in [1.82, 2.24) is 0 Å². The van der Waals surface area contributed by atoms with Gasteiger partial charge < -0.3 is 14.6 Å². The smallest absolute Gasteiger partial charge is 0.306 e. The summed E-state index contributed by atoms with van der Waals surface area (Å²) in [7, 11) is 3.09. The minimum absolute atomic E-state index is 0.101. The van der Waals surface area contributed by atoms with Crippen LogP contribution in [0.2, 0.25) is 0 Å². The third kappa shape index (κ3) is 3.04. The van der Waals surface area contributed by atoms with Crippen LogP contribution in [0, 0.1) is 11.8 Å². The normalized spacial score (nSPS) is 26.6. The lowest BCUT2D eigenvalue weighted by Gasteiger charge is -2.27. The Morgan fingerprint density at radius 1 is 1.40 bits per heavy atom. The van der Waals surface area contributed by atoms with E-state index in [9.17, 15) is 4.79 Å². The lowest BCUT2D eigenvalue weighted by molar-refractivity contribution is -0.167. The van der Waals surface area contributed by atoms with E-state index in [4.69, 9.17) is 14.6 Å². The largest absolute Gasteiger partial charge is 0.481 e. The van der Waals surface area contributed by atoms with Crippen LogP contribution in [0.15, 0.2) is 12.2 Å². The number of ether oxygens (including phenoxy) is 2. The van der Waals surface area contributed by atoms with E-state index in [1.165, 1.54) is 0 Å². The Hall–Kier alpha value is -0.870. The standard InChI is InChI=1S/C11H18O4/c1-14-11(15-2)9-7-5-3-4-6-8(9)10(12)13/h3,5,8-9,11H,4,6-7H2,1-2H3,(H,12,13)/t8-,9+/m1/s1. The molecule has 1 N–H and O–H groups in total. The molecule has 0 saturated heterocycles. The number of carbonyl (C=O) groups is 1. The molecule has 0 aromatic heterocycles. The van der Waals surface area contributed by atoms with Gasteiger partial charge in [-0.15, -0.1) is 0 Å². The van der Waals surface area contributed by atoms with E-state index in [1.54, 1.807) is 14.2 Å². The molecule has 0 spiro atoms. The second-order valence-corrected chi connectivity index (χ2v) is 3.73. The summed E-state index contributed by atoms with van der Waals surface area (Å²) in [5.74, 6) is -1.25. The molecule has 1 rings (SSSR count). The van der Waals surface area contributed by atoms with Crippen LogP contribution in [0.3, 0.4) is 0 Å². The van der Waals surface area contributed by atoms with Crippen molar-refractivity contribution in [2.75, 3.05) is 14.2 Å². The van der Waals surface area contributed by atoms with E-state index < -0.39 is 12.3 Å². The molecule has 2 atom stereocenters. The highest BCUT2D eigenvalue weighted by molar-refractivity contribution is 5.70. The van der Waals surface area contributed by atoms with Crippen molar-refractivity contribution in [1.29, 1.82) is 0 Å². The van der Waals surface area contributed by atoms with Gasteiger partial charge in [0.25, 0.3) is 0 Å². The fourth-order valence-corrected chi connectivity index (χ4v) is 2.08. The van der Waals surface area contributed by atoms with Crippen LogP contribution in [-0.2, 0) is 14.3 Å². The monoisotopic (exact) mass is 214 g/mol. The van der Waals surface area contributed by atoms with Crippen LogP contribution in [0.1, 0.15) is 19.3 Å². The number of carboxylic acids is 1. The molecule has 0 saturated carbocycles. The Morgan fingerprint density at radius 3 is 2.60 bits per heavy atom. The minimum atomic E-state index is -0.761. The Morgan fingerprint density at radius 2 is 2.07 bits per heavy atom. The van der Waals surface area contributed by atoms with E-state index in [0.717, 1.165) is 6.42 Å². The first-order valence-corrected chi connectivity index (χ1v) is 5.14. The lowest BCUT2D eigenvalue weighted by atomic mass is 9.87. The van der Waals surface area contributed by atoms with Gasteiger partial charge in [0, 0.05) is 20.1 Å². The van der Waals surface area contributed by atoms with Gasteiger partial charge in [0.2, 0.25) is 0 Å². The first-order valence-electron chi connectivity index (χ1n) is 5.14. The van der Waals surface area contributed by atoms with Crippen molar-refractivity contribution >= 4 is 5.97 Å². The third-order valence-corrected chi connectivity index (χ3v) is 2.87. The predicted molar refractivity (Wildman–Crippen MR) is 55.4 cm³/mol. The maximum atomic E-state index is 11.1. The van der Waals surface area contributed by atoms with Crippen molar-refractivity contribution < 1.29 is 19.4 Å². The number of aliphatic carboxylic acids is 1. The number of rotatable bonds is 4. The minimum Gasteiger partial charge on any atom is -0.481 e. The maximum absolute atomic E-state index is 11.1. The molecule has 1 aliphatic carbocycles. The lowest BCUT2D eigenvalue weighted by Crippen LogP contribution is -2.34. The molecule has 4 nitrogen and oxygen atoms in total. The van der Waals surface area contributed by atoms with Crippen LogP contribution in [0.4, 0.5) is 0 Å². The molecule has 0 unspecified atom stereocenters. The zero-order valence-electron chi connectivity index (χ0n) is 9.18. The zero-order valence-corrected chi connectivity index (χ0v) is 9.18.